The summed E-state index contributed by atoms with van der Waals surface area (Å²) < 4.78 is 5.71. The lowest BCUT2D eigenvalue weighted by Crippen LogP contribution is -2.29. The number of rotatable bonds is 5. The lowest BCUT2D eigenvalue weighted by Gasteiger charge is -2.26. The molecule has 0 aliphatic heterocycles. The molecular formula is C11H20N4O. The number of nitrogens with zero attached hydrogens (tertiary/aromatic N) is 3. The van der Waals surface area contributed by atoms with E-state index in [1.165, 1.54) is 0 Å². The Bertz CT molecular complexity index is 356. The van der Waals surface area contributed by atoms with Crippen LogP contribution in [0.3, 0.4) is 0 Å². The maximum Gasteiger partial charge on any atom is 0.223 e. The minimum atomic E-state index is -0.476. The first-order valence-electron chi connectivity index (χ1n) is 5.70. The predicted octanol–water partition coefficient (Wildman–Crippen LogP) is 1.68. The Morgan fingerprint density at radius 1 is 1.19 bits per heavy atom. The number of aryl methyl sites for hydroxylation is 1. The molecule has 1 aromatic rings. The van der Waals surface area contributed by atoms with Gasteiger partial charge in [-0.15, -0.1) is 0 Å². The van der Waals surface area contributed by atoms with Crippen LogP contribution >= 0.6 is 0 Å². The highest BCUT2D eigenvalue weighted by atomic mass is 16.5. The summed E-state index contributed by atoms with van der Waals surface area (Å²) in [4.78, 5) is 12.6. The minimum Gasteiger partial charge on any atom is -0.368 e. The maximum absolute atomic E-state index is 5.71. The lowest BCUT2D eigenvalue weighted by atomic mass is 10.0. The van der Waals surface area contributed by atoms with Gasteiger partial charge in [-0.2, -0.15) is 9.97 Å². The summed E-state index contributed by atoms with van der Waals surface area (Å²) in [6, 6.07) is 0. The lowest BCUT2D eigenvalue weighted by molar-refractivity contribution is -0.0392. The monoisotopic (exact) mass is 224 g/mol. The number of hydrogen-bond acceptors (Lipinski definition) is 5. The van der Waals surface area contributed by atoms with Gasteiger partial charge in [-0.05, 0) is 20.3 Å². The molecule has 0 radical (unpaired) electrons. The molecule has 0 amide bonds. The number of ether oxygens (including phenoxy) is 1. The number of aromatic nitrogens is 3. The zero-order chi connectivity index (χ0) is 12.2. The van der Waals surface area contributed by atoms with Crippen LogP contribution in [0, 0.1) is 0 Å². The molecule has 5 nitrogen and oxygen atoms in total. The van der Waals surface area contributed by atoms with Crippen LogP contribution in [0.5, 0.6) is 0 Å². The highest BCUT2D eigenvalue weighted by Gasteiger charge is 2.29. The number of hydrogen-bond donors (Lipinski definition) is 1. The van der Waals surface area contributed by atoms with E-state index in [1.807, 2.05) is 27.7 Å². The smallest absolute Gasteiger partial charge is 0.223 e. The molecule has 1 unspecified atom stereocenters. The molecule has 90 valence electrons. The molecule has 5 heteroatoms. The van der Waals surface area contributed by atoms with Crippen LogP contribution in [0.2, 0.25) is 0 Å². The molecule has 2 N–H and O–H groups in total. The van der Waals surface area contributed by atoms with Crippen LogP contribution in [0.15, 0.2) is 0 Å². The quantitative estimate of drug-likeness (QED) is 0.823. The zero-order valence-electron chi connectivity index (χ0n) is 10.4. The average molecular weight is 224 g/mol. The van der Waals surface area contributed by atoms with Crippen LogP contribution < -0.4 is 5.73 Å². The Hall–Kier alpha value is -1.23. The second-order valence-corrected chi connectivity index (χ2v) is 3.80. The van der Waals surface area contributed by atoms with E-state index in [0.717, 1.165) is 12.8 Å². The van der Waals surface area contributed by atoms with Gasteiger partial charge in [0.1, 0.15) is 11.4 Å². The number of nitrogens with two attached hydrogens (primary N) is 1. The van der Waals surface area contributed by atoms with Crippen molar-refractivity contribution in [3.05, 3.63) is 11.6 Å². The summed E-state index contributed by atoms with van der Waals surface area (Å²) in [5.74, 6) is 1.60. The van der Waals surface area contributed by atoms with E-state index in [-0.39, 0.29) is 5.95 Å². The van der Waals surface area contributed by atoms with E-state index in [4.69, 9.17) is 10.5 Å². The molecule has 1 atom stereocenters. The molecule has 0 saturated carbocycles. The first-order valence-corrected chi connectivity index (χ1v) is 5.70. The number of nitrogen functional groups attached to an aromatic ring is 1. The third-order valence-corrected chi connectivity index (χ3v) is 2.63. The highest BCUT2D eigenvalue weighted by Crippen LogP contribution is 2.26. The van der Waals surface area contributed by atoms with Gasteiger partial charge in [0.15, 0.2) is 5.82 Å². The molecule has 16 heavy (non-hydrogen) atoms. The summed E-state index contributed by atoms with van der Waals surface area (Å²) in [5.41, 5.74) is 5.19. The summed E-state index contributed by atoms with van der Waals surface area (Å²) in [6.45, 7) is 8.59. The van der Waals surface area contributed by atoms with E-state index < -0.39 is 5.60 Å². The Labute approximate surface area is 96.5 Å². The fourth-order valence-corrected chi connectivity index (χ4v) is 1.48. The van der Waals surface area contributed by atoms with E-state index >= 15 is 0 Å². The maximum atomic E-state index is 5.71. The molecule has 0 aromatic carbocycles. The second-order valence-electron chi connectivity index (χ2n) is 3.80. The van der Waals surface area contributed by atoms with Gasteiger partial charge < -0.3 is 10.5 Å². The molecule has 0 bridgehead atoms. The zero-order valence-corrected chi connectivity index (χ0v) is 10.4. The average Bonchev–Trinajstić information content (AvgIpc) is 2.28. The van der Waals surface area contributed by atoms with Gasteiger partial charge in [0.25, 0.3) is 0 Å². The molecule has 0 saturated heterocycles. The fourth-order valence-electron chi connectivity index (χ4n) is 1.48. The molecule has 1 aromatic heterocycles. The third-order valence-electron chi connectivity index (χ3n) is 2.63. The second kappa shape index (κ2) is 5.21. The van der Waals surface area contributed by atoms with Gasteiger partial charge in [0, 0.05) is 13.0 Å². The van der Waals surface area contributed by atoms with E-state index in [1.54, 1.807) is 0 Å². The van der Waals surface area contributed by atoms with Crippen molar-refractivity contribution in [3.8, 4) is 0 Å². The van der Waals surface area contributed by atoms with Crippen LogP contribution in [-0.2, 0) is 16.8 Å². The minimum absolute atomic E-state index is 0.265. The van der Waals surface area contributed by atoms with Gasteiger partial charge in [-0.1, -0.05) is 13.8 Å². The van der Waals surface area contributed by atoms with E-state index in [0.29, 0.717) is 18.3 Å². The third kappa shape index (κ3) is 2.66. The first kappa shape index (κ1) is 12.8. The molecule has 0 aliphatic rings. The van der Waals surface area contributed by atoms with Gasteiger partial charge in [0.05, 0.1) is 0 Å². The van der Waals surface area contributed by atoms with Gasteiger partial charge >= 0.3 is 0 Å². The standard InChI is InChI=1S/C11H20N4O/c1-5-8-13-9(15-10(12)14-8)11(4,6-2)16-7-3/h5-7H2,1-4H3,(H2,12,13,14,15). The summed E-state index contributed by atoms with van der Waals surface area (Å²) in [7, 11) is 0. The molecular weight excluding hydrogens is 204 g/mol. The Balaban J connectivity index is 3.13. The fraction of sp³-hybridized carbons (Fsp3) is 0.727. The summed E-state index contributed by atoms with van der Waals surface area (Å²) in [6.07, 6.45) is 1.54. The van der Waals surface area contributed by atoms with E-state index in [9.17, 15) is 0 Å². The summed E-state index contributed by atoms with van der Waals surface area (Å²) >= 11 is 0. The van der Waals surface area contributed by atoms with Crippen LogP contribution in [0.25, 0.3) is 0 Å². The molecule has 1 rings (SSSR count). The van der Waals surface area contributed by atoms with E-state index in [2.05, 4.69) is 15.0 Å². The van der Waals surface area contributed by atoms with Gasteiger partial charge in [-0.3, -0.25) is 0 Å². The largest absolute Gasteiger partial charge is 0.368 e. The van der Waals surface area contributed by atoms with Crippen molar-refractivity contribution in [3.63, 3.8) is 0 Å². The predicted molar refractivity (Wildman–Crippen MR) is 62.9 cm³/mol. The Morgan fingerprint density at radius 2 is 1.88 bits per heavy atom. The van der Waals surface area contributed by atoms with Crippen molar-refractivity contribution in [2.45, 2.75) is 46.1 Å². The van der Waals surface area contributed by atoms with Gasteiger partial charge in [-0.25, -0.2) is 4.98 Å². The molecule has 0 fully saturated rings. The summed E-state index contributed by atoms with van der Waals surface area (Å²) in [5, 5.41) is 0. The molecule has 1 heterocycles. The normalized spacial score (nSPS) is 14.8. The van der Waals surface area contributed by atoms with Crippen molar-refractivity contribution in [2.24, 2.45) is 0 Å². The topological polar surface area (TPSA) is 73.9 Å². The highest BCUT2D eigenvalue weighted by molar-refractivity contribution is 5.18. The Kier molecular flexibility index (Phi) is 4.18. The van der Waals surface area contributed by atoms with Crippen LogP contribution in [-0.4, -0.2) is 21.6 Å². The Morgan fingerprint density at radius 3 is 2.38 bits per heavy atom. The van der Waals surface area contributed by atoms with Crippen molar-refractivity contribution in [1.29, 1.82) is 0 Å². The van der Waals surface area contributed by atoms with Crippen molar-refractivity contribution in [1.82, 2.24) is 15.0 Å². The van der Waals surface area contributed by atoms with Gasteiger partial charge in [0.2, 0.25) is 5.95 Å². The van der Waals surface area contributed by atoms with Crippen molar-refractivity contribution in [2.75, 3.05) is 12.3 Å². The van der Waals surface area contributed by atoms with Crippen LogP contribution in [0.4, 0.5) is 5.95 Å². The molecule has 0 aliphatic carbocycles. The number of anilines is 1. The first-order chi connectivity index (χ1) is 7.55. The van der Waals surface area contributed by atoms with Crippen molar-refractivity contribution >= 4 is 5.95 Å². The van der Waals surface area contributed by atoms with Crippen LogP contribution in [0.1, 0.15) is 45.8 Å². The van der Waals surface area contributed by atoms with Crippen molar-refractivity contribution < 1.29 is 4.74 Å². The molecule has 0 spiro atoms. The SMILES string of the molecule is CCOC(C)(CC)c1nc(N)nc(CC)n1.